The summed E-state index contributed by atoms with van der Waals surface area (Å²) in [4.78, 5) is 18.2. The first-order valence-corrected chi connectivity index (χ1v) is 11.0. The van der Waals surface area contributed by atoms with Crippen LogP contribution in [0.25, 0.3) is 22.3 Å². The molecular formula is C27H24N4O3. The molecule has 0 aliphatic carbocycles. The summed E-state index contributed by atoms with van der Waals surface area (Å²) < 4.78 is 12.7. The number of ether oxygens (including phenoxy) is 1. The van der Waals surface area contributed by atoms with Gasteiger partial charge in [-0.25, -0.2) is 4.98 Å². The highest BCUT2D eigenvalue weighted by Gasteiger charge is 2.19. The molecule has 0 fully saturated rings. The van der Waals surface area contributed by atoms with Crippen molar-refractivity contribution < 1.29 is 13.9 Å². The number of anilines is 1. The van der Waals surface area contributed by atoms with Crippen LogP contribution < -0.4 is 5.32 Å². The lowest BCUT2D eigenvalue weighted by atomic mass is 10.0. The summed E-state index contributed by atoms with van der Waals surface area (Å²) in [6.45, 7) is 2.69. The third-order valence-electron chi connectivity index (χ3n) is 5.56. The van der Waals surface area contributed by atoms with Crippen molar-refractivity contribution in [2.45, 2.75) is 20.1 Å². The minimum Gasteiger partial charge on any atom is -0.467 e. The zero-order chi connectivity index (χ0) is 23.5. The first-order chi connectivity index (χ1) is 16.6. The zero-order valence-corrected chi connectivity index (χ0v) is 19.0. The maximum Gasteiger partial charge on any atom is 0.256 e. The van der Waals surface area contributed by atoms with Crippen molar-refractivity contribution in [2.24, 2.45) is 7.05 Å². The summed E-state index contributed by atoms with van der Waals surface area (Å²) in [7, 11) is 1.84. The van der Waals surface area contributed by atoms with Crippen LogP contribution in [0.3, 0.4) is 0 Å². The lowest BCUT2D eigenvalue weighted by Crippen LogP contribution is -2.13. The summed E-state index contributed by atoms with van der Waals surface area (Å²) in [6, 6.07) is 23.0. The van der Waals surface area contributed by atoms with Crippen LogP contribution in [0, 0.1) is 6.92 Å². The molecule has 0 saturated heterocycles. The number of carbonyl (C=O) groups excluding carboxylic acids is 1. The van der Waals surface area contributed by atoms with E-state index in [1.54, 1.807) is 10.9 Å². The van der Waals surface area contributed by atoms with Crippen LogP contribution in [0.2, 0.25) is 0 Å². The van der Waals surface area contributed by atoms with Gasteiger partial charge >= 0.3 is 0 Å². The number of carbonyl (C=O) groups is 1. The normalized spacial score (nSPS) is 11.1. The average Bonchev–Trinajstić information content (AvgIpc) is 3.47. The van der Waals surface area contributed by atoms with E-state index in [2.05, 4.69) is 10.4 Å². The van der Waals surface area contributed by atoms with Crippen molar-refractivity contribution in [3.63, 3.8) is 0 Å². The number of nitrogens with zero attached hydrogens (tertiary/aromatic N) is 3. The van der Waals surface area contributed by atoms with Crippen LogP contribution in [0.5, 0.6) is 0 Å². The first kappa shape index (κ1) is 21.6. The molecule has 0 aliphatic rings. The third-order valence-corrected chi connectivity index (χ3v) is 5.56. The summed E-state index contributed by atoms with van der Waals surface area (Å²) in [6.07, 6.45) is 1.62. The molecule has 0 unspecified atom stereocenters. The van der Waals surface area contributed by atoms with Crippen molar-refractivity contribution in [3.05, 3.63) is 102 Å². The molecule has 1 N–H and O–H groups in total. The second kappa shape index (κ2) is 9.33. The van der Waals surface area contributed by atoms with E-state index in [-0.39, 0.29) is 5.91 Å². The smallest absolute Gasteiger partial charge is 0.256 e. The van der Waals surface area contributed by atoms with Crippen LogP contribution in [-0.2, 0) is 25.0 Å². The summed E-state index contributed by atoms with van der Waals surface area (Å²) in [5.41, 5.74) is 5.27. The highest BCUT2D eigenvalue weighted by atomic mass is 16.5. The van der Waals surface area contributed by atoms with E-state index in [1.165, 1.54) is 0 Å². The molecule has 5 rings (SSSR count). The van der Waals surface area contributed by atoms with Gasteiger partial charge in [-0.2, -0.15) is 5.10 Å². The SMILES string of the molecule is Cc1nn(C)c2nc(-c3ccccc3)cc(C(=O)Nc3cccc(COCc4ccco4)c3)c12. The van der Waals surface area contributed by atoms with E-state index in [4.69, 9.17) is 14.1 Å². The topological polar surface area (TPSA) is 82.2 Å². The van der Waals surface area contributed by atoms with Gasteiger partial charge in [0.25, 0.3) is 5.91 Å². The lowest BCUT2D eigenvalue weighted by Gasteiger charge is -2.11. The lowest BCUT2D eigenvalue weighted by molar-refractivity contribution is 0.0929. The number of hydrogen-bond acceptors (Lipinski definition) is 5. The van der Waals surface area contributed by atoms with Gasteiger partial charge in [-0.3, -0.25) is 9.48 Å². The summed E-state index contributed by atoms with van der Waals surface area (Å²) in [5, 5.41) is 8.27. The van der Waals surface area contributed by atoms with Gasteiger partial charge < -0.3 is 14.5 Å². The van der Waals surface area contributed by atoms with Crippen molar-refractivity contribution in [3.8, 4) is 11.3 Å². The van der Waals surface area contributed by atoms with Crippen molar-refractivity contribution in [2.75, 3.05) is 5.32 Å². The van der Waals surface area contributed by atoms with Crippen LogP contribution in [0.1, 0.15) is 27.4 Å². The molecule has 3 heterocycles. The minimum absolute atomic E-state index is 0.214. The van der Waals surface area contributed by atoms with Crippen LogP contribution >= 0.6 is 0 Å². The number of aromatic nitrogens is 3. The summed E-state index contributed by atoms with van der Waals surface area (Å²) in [5.74, 6) is 0.557. The third kappa shape index (κ3) is 4.46. The molecule has 0 radical (unpaired) electrons. The van der Waals surface area contributed by atoms with Crippen LogP contribution in [-0.4, -0.2) is 20.7 Å². The van der Waals surface area contributed by atoms with Gasteiger partial charge in [-0.15, -0.1) is 0 Å². The zero-order valence-electron chi connectivity index (χ0n) is 19.0. The number of nitrogens with one attached hydrogen (secondary N) is 1. The van der Waals surface area contributed by atoms with E-state index in [9.17, 15) is 4.79 Å². The van der Waals surface area contributed by atoms with E-state index < -0.39 is 0 Å². The fourth-order valence-electron chi connectivity index (χ4n) is 3.98. The number of aryl methyl sites for hydroxylation is 2. The van der Waals surface area contributed by atoms with Crippen LogP contribution in [0.15, 0.2) is 83.5 Å². The Balaban J connectivity index is 1.41. The number of benzene rings is 2. The largest absolute Gasteiger partial charge is 0.467 e. The molecule has 0 atom stereocenters. The molecule has 170 valence electrons. The minimum atomic E-state index is -0.214. The van der Waals surface area contributed by atoms with Gasteiger partial charge in [0.1, 0.15) is 12.4 Å². The predicted molar refractivity (Wildman–Crippen MR) is 130 cm³/mol. The van der Waals surface area contributed by atoms with Gasteiger partial charge in [0, 0.05) is 18.3 Å². The Kier molecular flexibility index (Phi) is 5.93. The Morgan fingerprint density at radius 3 is 2.68 bits per heavy atom. The molecule has 0 bridgehead atoms. The first-order valence-electron chi connectivity index (χ1n) is 11.0. The predicted octanol–water partition coefficient (Wildman–Crippen LogP) is 5.51. The van der Waals surface area contributed by atoms with E-state index in [0.29, 0.717) is 30.1 Å². The maximum atomic E-state index is 13.4. The number of pyridine rings is 1. The Labute approximate surface area is 197 Å². The van der Waals surface area contributed by atoms with Gasteiger partial charge in [0.2, 0.25) is 0 Å². The van der Waals surface area contributed by atoms with Crippen molar-refractivity contribution in [1.82, 2.24) is 14.8 Å². The Hall–Kier alpha value is -4.23. The molecule has 1 amide bonds. The standard InChI is InChI=1S/C27H24N4O3/c1-18-25-23(15-24(20-9-4-3-5-10-20)29-26(25)31(2)30-18)27(32)28-21-11-6-8-19(14-21)16-33-17-22-12-7-13-34-22/h3-15H,16-17H2,1-2H3,(H,28,32). The average molecular weight is 453 g/mol. The monoisotopic (exact) mass is 452 g/mol. The fourth-order valence-corrected chi connectivity index (χ4v) is 3.98. The number of fused-ring (bicyclic) bond motifs is 1. The molecule has 34 heavy (non-hydrogen) atoms. The maximum absolute atomic E-state index is 13.4. The van der Waals surface area contributed by atoms with E-state index in [0.717, 1.165) is 33.7 Å². The Morgan fingerprint density at radius 1 is 1.03 bits per heavy atom. The number of hydrogen-bond donors (Lipinski definition) is 1. The van der Waals surface area contributed by atoms with Gasteiger partial charge in [-0.1, -0.05) is 42.5 Å². The second-order valence-corrected chi connectivity index (χ2v) is 8.06. The number of furan rings is 1. The van der Waals surface area contributed by atoms with E-state index >= 15 is 0 Å². The molecule has 0 saturated carbocycles. The van der Waals surface area contributed by atoms with Gasteiger partial charge in [-0.05, 0) is 42.8 Å². The molecule has 7 nitrogen and oxygen atoms in total. The fraction of sp³-hybridized carbons (Fsp3) is 0.148. The second-order valence-electron chi connectivity index (χ2n) is 8.06. The quantitative estimate of drug-likeness (QED) is 0.352. The Bertz CT molecular complexity index is 1440. The molecule has 3 aromatic heterocycles. The van der Waals surface area contributed by atoms with Gasteiger partial charge in [0.15, 0.2) is 5.65 Å². The Morgan fingerprint density at radius 2 is 1.88 bits per heavy atom. The van der Waals surface area contributed by atoms with Crippen molar-refractivity contribution >= 4 is 22.6 Å². The molecule has 0 aliphatic heterocycles. The molecule has 5 aromatic rings. The van der Waals surface area contributed by atoms with Crippen molar-refractivity contribution in [1.29, 1.82) is 0 Å². The molecule has 7 heteroatoms. The molecule has 0 spiro atoms. The van der Waals surface area contributed by atoms with E-state index in [1.807, 2.05) is 86.8 Å². The highest BCUT2D eigenvalue weighted by Crippen LogP contribution is 2.27. The number of amides is 1. The highest BCUT2D eigenvalue weighted by molar-refractivity contribution is 6.13. The van der Waals surface area contributed by atoms with Crippen LogP contribution in [0.4, 0.5) is 5.69 Å². The molecular weight excluding hydrogens is 428 g/mol. The summed E-state index contributed by atoms with van der Waals surface area (Å²) >= 11 is 0. The van der Waals surface area contributed by atoms with Gasteiger partial charge in [0.05, 0.1) is 35.2 Å². The number of rotatable bonds is 7. The molecule has 2 aromatic carbocycles.